The zero-order chi connectivity index (χ0) is 18.3. The van der Waals surface area contributed by atoms with E-state index in [1.54, 1.807) is 14.2 Å². The Morgan fingerprint density at radius 2 is 2.20 bits per heavy atom. The van der Waals surface area contributed by atoms with Gasteiger partial charge in [0.15, 0.2) is 5.96 Å². The number of hydrogen-bond donors (Lipinski definition) is 2. The standard InChI is InChI=1S/C17H25F3N4O/c1-21-16(22-8-6-13-4-3-5-15(10-13)25-2)23-14-7-9-24(11-14)12-17(18,19)20/h3-5,10,14H,6-9,11-12H2,1-2H3,(H2,21,22,23). The van der Waals surface area contributed by atoms with Crippen molar-refractivity contribution in [3.63, 3.8) is 0 Å². The molecule has 0 bridgehead atoms. The molecule has 1 aliphatic rings. The van der Waals surface area contributed by atoms with Crippen LogP contribution in [0.3, 0.4) is 0 Å². The number of guanidine groups is 1. The van der Waals surface area contributed by atoms with Crippen molar-refractivity contribution in [1.82, 2.24) is 15.5 Å². The second-order valence-corrected chi connectivity index (χ2v) is 6.08. The summed E-state index contributed by atoms with van der Waals surface area (Å²) < 4.78 is 42.5. The molecule has 1 atom stereocenters. The molecule has 0 saturated carbocycles. The maximum Gasteiger partial charge on any atom is 0.401 e. The molecule has 0 spiro atoms. The first kappa shape index (κ1) is 19.4. The first-order valence-corrected chi connectivity index (χ1v) is 8.29. The molecule has 1 saturated heterocycles. The molecule has 0 aliphatic carbocycles. The fourth-order valence-electron chi connectivity index (χ4n) is 2.89. The normalized spacial score (nSPS) is 19.1. The van der Waals surface area contributed by atoms with Crippen LogP contribution in [0.25, 0.3) is 0 Å². The Labute approximate surface area is 146 Å². The molecule has 2 rings (SSSR count). The van der Waals surface area contributed by atoms with Crippen LogP contribution in [0.5, 0.6) is 5.75 Å². The maximum atomic E-state index is 12.4. The lowest BCUT2D eigenvalue weighted by Crippen LogP contribution is -2.45. The van der Waals surface area contributed by atoms with Gasteiger partial charge in [0.2, 0.25) is 0 Å². The third kappa shape index (κ3) is 6.81. The van der Waals surface area contributed by atoms with E-state index in [0.717, 1.165) is 17.7 Å². The van der Waals surface area contributed by atoms with E-state index >= 15 is 0 Å². The quantitative estimate of drug-likeness (QED) is 0.604. The van der Waals surface area contributed by atoms with Gasteiger partial charge in [0.1, 0.15) is 5.75 Å². The molecule has 0 radical (unpaired) electrons. The number of nitrogens with zero attached hydrogens (tertiary/aromatic N) is 2. The highest BCUT2D eigenvalue weighted by Gasteiger charge is 2.34. The first-order chi connectivity index (χ1) is 11.9. The summed E-state index contributed by atoms with van der Waals surface area (Å²) >= 11 is 0. The number of rotatable bonds is 6. The lowest BCUT2D eigenvalue weighted by Gasteiger charge is -2.19. The zero-order valence-corrected chi connectivity index (χ0v) is 14.6. The third-order valence-corrected chi connectivity index (χ3v) is 4.08. The molecule has 25 heavy (non-hydrogen) atoms. The fraction of sp³-hybridized carbons (Fsp3) is 0.588. The molecular formula is C17H25F3N4O. The molecule has 2 N–H and O–H groups in total. The van der Waals surface area contributed by atoms with Gasteiger partial charge in [-0.3, -0.25) is 9.89 Å². The summed E-state index contributed by atoms with van der Waals surface area (Å²) in [6.07, 6.45) is -2.68. The second kappa shape index (κ2) is 8.94. The van der Waals surface area contributed by atoms with E-state index in [2.05, 4.69) is 15.6 Å². The van der Waals surface area contributed by atoms with E-state index in [9.17, 15) is 13.2 Å². The van der Waals surface area contributed by atoms with Crippen molar-refractivity contribution in [2.75, 3.05) is 40.3 Å². The molecule has 0 amide bonds. The fourth-order valence-corrected chi connectivity index (χ4v) is 2.89. The highest BCUT2D eigenvalue weighted by Crippen LogP contribution is 2.19. The van der Waals surface area contributed by atoms with Gasteiger partial charge in [-0.2, -0.15) is 13.2 Å². The molecule has 1 aromatic carbocycles. The van der Waals surface area contributed by atoms with Gasteiger partial charge in [0.25, 0.3) is 0 Å². The highest BCUT2D eigenvalue weighted by atomic mass is 19.4. The van der Waals surface area contributed by atoms with E-state index in [0.29, 0.717) is 32.0 Å². The molecule has 1 aromatic rings. The Morgan fingerprint density at radius 1 is 1.40 bits per heavy atom. The smallest absolute Gasteiger partial charge is 0.401 e. The highest BCUT2D eigenvalue weighted by molar-refractivity contribution is 5.80. The minimum Gasteiger partial charge on any atom is -0.497 e. The number of aliphatic imine (C=N–C) groups is 1. The maximum absolute atomic E-state index is 12.4. The van der Waals surface area contributed by atoms with Crippen LogP contribution in [0.1, 0.15) is 12.0 Å². The number of alkyl halides is 3. The summed E-state index contributed by atoms with van der Waals surface area (Å²) in [5.41, 5.74) is 1.14. The van der Waals surface area contributed by atoms with Gasteiger partial charge in [-0.1, -0.05) is 12.1 Å². The van der Waals surface area contributed by atoms with Crippen LogP contribution in [0.15, 0.2) is 29.3 Å². The van der Waals surface area contributed by atoms with Crippen LogP contribution in [-0.2, 0) is 6.42 Å². The largest absolute Gasteiger partial charge is 0.497 e. The average molecular weight is 358 g/mol. The van der Waals surface area contributed by atoms with Crippen molar-refractivity contribution < 1.29 is 17.9 Å². The van der Waals surface area contributed by atoms with Crippen LogP contribution in [0, 0.1) is 0 Å². The van der Waals surface area contributed by atoms with Crippen LogP contribution in [-0.4, -0.2) is 63.4 Å². The lowest BCUT2D eigenvalue weighted by atomic mass is 10.1. The number of benzene rings is 1. The monoisotopic (exact) mass is 358 g/mol. The Balaban J connectivity index is 1.74. The van der Waals surface area contributed by atoms with Crippen LogP contribution >= 0.6 is 0 Å². The molecule has 1 unspecified atom stereocenters. The van der Waals surface area contributed by atoms with Gasteiger partial charge in [0, 0.05) is 32.7 Å². The first-order valence-electron chi connectivity index (χ1n) is 8.29. The SMILES string of the molecule is CN=C(NCCc1cccc(OC)c1)NC1CCN(CC(F)(F)F)C1. The Bertz CT molecular complexity index is 577. The van der Waals surface area contributed by atoms with Crippen molar-refractivity contribution in [3.05, 3.63) is 29.8 Å². The molecule has 140 valence electrons. The molecule has 0 aromatic heterocycles. The van der Waals surface area contributed by atoms with E-state index in [1.807, 2.05) is 24.3 Å². The molecule has 1 fully saturated rings. The Hall–Kier alpha value is -1.96. The van der Waals surface area contributed by atoms with Gasteiger partial charge in [0.05, 0.1) is 13.7 Å². The van der Waals surface area contributed by atoms with Crippen molar-refractivity contribution >= 4 is 5.96 Å². The van der Waals surface area contributed by atoms with Crippen LogP contribution < -0.4 is 15.4 Å². The molecule has 1 aliphatic heterocycles. The van der Waals surface area contributed by atoms with Gasteiger partial charge < -0.3 is 15.4 Å². The molecular weight excluding hydrogens is 333 g/mol. The van der Waals surface area contributed by atoms with E-state index in [-0.39, 0.29) is 6.04 Å². The third-order valence-electron chi connectivity index (χ3n) is 4.08. The number of nitrogens with one attached hydrogen (secondary N) is 2. The Kier molecular flexibility index (Phi) is 6.92. The number of halogens is 3. The van der Waals surface area contributed by atoms with Crippen LogP contribution in [0.2, 0.25) is 0 Å². The summed E-state index contributed by atoms with van der Waals surface area (Å²) in [7, 11) is 3.29. The summed E-state index contributed by atoms with van der Waals surface area (Å²) in [4.78, 5) is 5.56. The summed E-state index contributed by atoms with van der Waals surface area (Å²) in [5.74, 6) is 1.43. The van der Waals surface area contributed by atoms with Crippen molar-refractivity contribution in [1.29, 1.82) is 0 Å². The number of methoxy groups -OCH3 is 1. The minimum absolute atomic E-state index is 0.0228. The van der Waals surface area contributed by atoms with Crippen LogP contribution in [0.4, 0.5) is 13.2 Å². The van der Waals surface area contributed by atoms with Crippen molar-refractivity contribution in [2.45, 2.75) is 25.1 Å². The minimum atomic E-state index is -4.15. The predicted octanol–water partition coefficient (Wildman–Crippen LogP) is 2.04. The summed E-state index contributed by atoms with van der Waals surface area (Å²) in [6, 6.07) is 7.81. The van der Waals surface area contributed by atoms with Crippen molar-refractivity contribution in [3.8, 4) is 5.75 Å². The summed E-state index contributed by atoms with van der Waals surface area (Å²) in [5, 5.41) is 6.40. The number of ether oxygens (including phenoxy) is 1. The molecule has 5 nitrogen and oxygen atoms in total. The predicted molar refractivity (Wildman–Crippen MR) is 92.1 cm³/mol. The molecule has 1 heterocycles. The van der Waals surface area contributed by atoms with E-state index < -0.39 is 12.7 Å². The molecule has 8 heteroatoms. The topological polar surface area (TPSA) is 48.9 Å². The van der Waals surface area contributed by atoms with Gasteiger partial charge in [-0.25, -0.2) is 0 Å². The zero-order valence-electron chi connectivity index (χ0n) is 14.6. The van der Waals surface area contributed by atoms with Gasteiger partial charge in [-0.05, 0) is 30.5 Å². The number of likely N-dealkylation sites (tertiary alicyclic amines) is 1. The lowest BCUT2D eigenvalue weighted by molar-refractivity contribution is -0.143. The summed E-state index contributed by atoms with van der Waals surface area (Å²) in [6.45, 7) is 0.632. The van der Waals surface area contributed by atoms with E-state index in [1.165, 1.54) is 4.90 Å². The van der Waals surface area contributed by atoms with Gasteiger partial charge in [-0.15, -0.1) is 0 Å². The average Bonchev–Trinajstić information content (AvgIpc) is 2.99. The van der Waals surface area contributed by atoms with Crippen molar-refractivity contribution in [2.24, 2.45) is 4.99 Å². The van der Waals surface area contributed by atoms with E-state index in [4.69, 9.17) is 4.74 Å². The number of hydrogen-bond acceptors (Lipinski definition) is 3. The van der Waals surface area contributed by atoms with Gasteiger partial charge >= 0.3 is 6.18 Å². The second-order valence-electron chi connectivity index (χ2n) is 6.08. The Morgan fingerprint density at radius 3 is 2.88 bits per heavy atom.